The molecule has 0 aromatic heterocycles. The van der Waals surface area contributed by atoms with Gasteiger partial charge in [0.05, 0.1) is 20.6 Å². The third kappa shape index (κ3) is 8.63. The first-order valence-electron chi connectivity index (χ1n) is 12.3. The van der Waals surface area contributed by atoms with E-state index >= 15 is 0 Å². The Kier molecular flexibility index (Phi) is 12.1. The van der Waals surface area contributed by atoms with Crippen LogP contribution in [-0.2, 0) is 6.42 Å². The van der Waals surface area contributed by atoms with E-state index in [4.69, 9.17) is 0 Å². The zero-order valence-corrected chi connectivity index (χ0v) is 22.0. The minimum absolute atomic E-state index is 0.0136. The van der Waals surface area contributed by atoms with E-state index in [-0.39, 0.29) is 23.3 Å². The summed E-state index contributed by atoms with van der Waals surface area (Å²) in [6, 6.07) is 1.87. The number of hydrogen-bond acceptors (Lipinski definition) is 3. The SMILES string of the molecule is C=C(C)[C@@H]1CCC(C)=C[C@H]1c1c(O)cc(CCCCC)c(C)c1O.CN(C)CC[NH+](C)C. The highest BCUT2D eigenvalue weighted by atomic mass is 16.3. The molecular weight excluding hydrogens is 396 g/mol. The number of aryl methyl sites for hydroxylation is 1. The van der Waals surface area contributed by atoms with Crippen molar-refractivity contribution in [1.82, 2.24) is 4.90 Å². The molecule has 0 spiro atoms. The van der Waals surface area contributed by atoms with Crippen LogP contribution in [0.2, 0.25) is 0 Å². The molecule has 0 saturated carbocycles. The predicted octanol–water partition coefficient (Wildman–Crippen LogP) is 4.85. The lowest BCUT2D eigenvalue weighted by Gasteiger charge is -2.32. The Bertz CT molecular complexity index is 757. The average Bonchev–Trinajstić information content (AvgIpc) is 2.70. The van der Waals surface area contributed by atoms with Gasteiger partial charge in [0, 0.05) is 18.0 Å². The van der Waals surface area contributed by atoms with E-state index in [0.29, 0.717) is 5.56 Å². The summed E-state index contributed by atoms with van der Waals surface area (Å²) in [6.45, 7) is 14.9. The maximum absolute atomic E-state index is 10.8. The molecule has 4 nitrogen and oxygen atoms in total. The van der Waals surface area contributed by atoms with E-state index in [1.165, 1.54) is 36.4 Å². The minimum atomic E-state index is 0.0136. The molecule has 1 aliphatic carbocycles. The molecule has 0 fully saturated rings. The zero-order valence-electron chi connectivity index (χ0n) is 22.0. The van der Waals surface area contributed by atoms with Gasteiger partial charge in [-0.25, -0.2) is 0 Å². The standard InChI is InChI=1S/C22H32O2.C6H16N2/c1-6-7-8-9-17-13-20(23)21(22(24)16(17)5)19-12-15(4)10-11-18(19)14(2)3;1-7(2)5-6-8(3)4/h12-13,18-19,23-24H,2,6-11H2,1,3-5H3;5-6H2,1-4H3/p+1/t18-,19+;/m0./s1. The number of aromatic hydroxyl groups is 2. The van der Waals surface area contributed by atoms with Crippen LogP contribution in [0.3, 0.4) is 0 Å². The normalized spacial score (nSPS) is 18.4. The molecule has 0 bridgehead atoms. The Balaban J connectivity index is 0.000000547. The number of phenols is 2. The summed E-state index contributed by atoms with van der Waals surface area (Å²) in [4.78, 5) is 3.71. The molecule has 4 heteroatoms. The van der Waals surface area contributed by atoms with Crippen LogP contribution in [0.1, 0.15) is 75.5 Å². The number of nitrogens with zero attached hydrogens (tertiary/aromatic N) is 1. The zero-order chi connectivity index (χ0) is 24.4. The van der Waals surface area contributed by atoms with Gasteiger partial charge in [0.1, 0.15) is 11.5 Å². The lowest BCUT2D eigenvalue weighted by molar-refractivity contribution is -0.857. The van der Waals surface area contributed by atoms with Gasteiger partial charge in [0.25, 0.3) is 0 Å². The summed E-state index contributed by atoms with van der Waals surface area (Å²) >= 11 is 0. The number of hydrogen-bond donors (Lipinski definition) is 3. The number of unbranched alkanes of at least 4 members (excludes halogenated alkanes) is 2. The van der Waals surface area contributed by atoms with Gasteiger partial charge in [0.15, 0.2) is 0 Å². The van der Waals surface area contributed by atoms with Gasteiger partial charge in [-0.2, -0.15) is 0 Å². The molecule has 0 amide bonds. The molecule has 0 radical (unpaired) electrons. The Morgan fingerprint density at radius 1 is 1.19 bits per heavy atom. The molecular formula is C28H49N2O2+. The summed E-state index contributed by atoms with van der Waals surface area (Å²) in [5.41, 5.74) is 5.09. The lowest BCUT2D eigenvalue weighted by atomic mass is 9.73. The number of phenolic OH excluding ortho intramolecular Hbond substituents is 2. The van der Waals surface area contributed by atoms with Gasteiger partial charge in [-0.1, -0.05) is 43.6 Å². The van der Waals surface area contributed by atoms with Crippen LogP contribution in [-0.4, -0.2) is 56.4 Å². The number of allylic oxidation sites excluding steroid dienone is 3. The third-order valence-electron chi connectivity index (χ3n) is 6.50. The Hall–Kier alpha value is -1.78. The van der Waals surface area contributed by atoms with E-state index in [1.807, 2.05) is 19.9 Å². The maximum atomic E-state index is 10.8. The predicted molar refractivity (Wildman–Crippen MR) is 138 cm³/mol. The van der Waals surface area contributed by atoms with E-state index < -0.39 is 0 Å². The van der Waals surface area contributed by atoms with Gasteiger partial charge < -0.3 is 20.0 Å². The van der Waals surface area contributed by atoms with Crippen LogP contribution < -0.4 is 4.90 Å². The Morgan fingerprint density at radius 2 is 1.84 bits per heavy atom. The molecule has 0 heterocycles. The lowest BCUT2D eigenvalue weighted by Crippen LogP contribution is -3.06. The van der Waals surface area contributed by atoms with Crippen molar-refractivity contribution in [3.63, 3.8) is 0 Å². The minimum Gasteiger partial charge on any atom is -0.507 e. The molecule has 2 rings (SSSR count). The number of rotatable bonds is 9. The van der Waals surface area contributed by atoms with Crippen LogP contribution in [0, 0.1) is 12.8 Å². The molecule has 182 valence electrons. The quantitative estimate of drug-likeness (QED) is 0.376. The first-order chi connectivity index (χ1) is 15.0. The highest BCUT2D eigenvalue weighted by Gasteiger charge is 2.31. The first-order valence-corrected chi connectivity index (χ1v) is 12.3. The number of benzene rings is 1. The summed E-state index contributed by atoms with van der Waals surface area (Å²) in [5, 5.41) is 21.5. The summed E-state index contributed by atoms with van der Waals surface area (Å²) < 4.78 is 0. The van der Waals surface area contributed by atoms with Crippen molar-refractivity contribution < 1.29 is 15.1 Å². The van der Waals surface area contributed by atoms with Gasteiger partial charge in [-0.05, 0) is 83.7 Å². The van der Waals surface area contributed by atoms with Crippen molar-refractivity contribution in [2.75, 3.05) is 41.3 Å². The van der Waals surface area contributed by atoms with E-state index in [1.54, 1.807) is 0 Å². The van der Waals surface area contributed by atoms with Crippen molar-refractivity contribution in [1.29, 1.82) is 0 Å². The molecule has 0 aliphatic heterocycles. The van der Waals surface area contributed by atoms with E-state index in [9.17, 15) is 10.2 Å². The third-order valence-corrected chi connectivity index (χ3v) is 6.50. The molecule has 1 aromatic rings. The van der Waals surface area contributed by atoms with Gasteiger partial charge >= 0.3 is 0 Å². The summed E-state index contributed by atoms with van der Waals surface area (Å²) in [5.74, 6) is 0.783. The summed E-state index contributed by atoms with van der Waals surface area (Å²) in [6.07, 6.45) is 8.62. The van der Waals surface area contributed by atoms with Crippen molar-refractivity contribution in [2.24, 2.45) is 5.92 Å². The monoisotopic (exact) mass is 445 g/mol. The van der Waals surface area contributed by atoms with Crippen LogP contribution >= 0.6 is 0 Å². The molecule has 3 N–H and O–H groups in total. The van der Waals surface area contributed by atoms with Gasteiger partial charge in [-0.15, -0.1) is 0 Å². The van der Waals surface area contributed by atoms with Gasteiger partial charge in [0.2, 0.25) is 0 Å². The van der Waals surface area contributed by atoms with Crippen molar-refractivity contribution >= 4 is 0 Å². The molecule has 0 unspecified atom stereocenters. The van der Waals surface area contributed by atoms with Crippen LogP contribution in [0.25, 0.3) is 0 Å². The average molecular weight is 446 g/mol. The largest absolute Gasteiger partial charge is 0.507 e. The molecule has 1 aliphatic rings. The molecule has 1 aromatic carbocycles. The fourth-order valence-electron chi connectivity index (χ4n) is 4.33. The molecule has 0 saturated heterocycles. The van der Waals surface area contributed by atoms with Gasteiger partial charge in [-0.3, -0.25) is 0 Å². The van der Waals surface area contributed by atoms with Crippen LogP contribution in [0.5, 0.6) is 11.5 Å². The number of likely N-dealkylation sites (N-methyl/N-ethyl adjacent to an activating group) is 2. The Morgan fingerprint density at radius 3 is 2.34 bits per heavy atom. The van der Waals surface area contributed by atoms with Crippen molar-refractivity contribution in [3.8, 4) is 11.5 Å². The second kappa shape index (κ2) is 13.7. The smallest absolute Gasteiger partial charge is 0.126 e. The second-order valence-corrected chi connectivity index (χ2v) is 10.2. The number of quaternary nitrogens is 1. The summed E-state index contributed by atoms with van der Waals surface area (Å²) in [7, 11) is 8.54. The number of nitrogens with one attached hydrogen (secondary N) is 1. The van der Waals surface area contributed by atoms with Crippen molar-refractivity contribution in [2.45, 2.75) is 72.1 Å². The fourth-order valence-corrected chi connectivity index (χ4v) is 4.33. The van der Waals surface area contributed by atoms with E-state index in [2.05, 4.69) is 59.6 Å². The molecule has 32 heavy (non-hydrogen) atoms. The van der Waals surface area contributed by atoms with E-state index in [0.717, 1.165) is 42.4 Å². The topological polar surface area (TPSA) is 48.1 Å². The first kappa shape index (κ1) is 28.3. The Labute approximate surface area is 197 Å². The second-order valence-electron chi connectivity index (χ2n) is 10.2. The fraction of sp³-hybridized carbons (Fsp3) is 0.643. The highest BCUT2D eigenvalue weighted by Crippen LogP contribution is 2.47. The maximum Gasteiger partial charge on any atom is 0.126 e. The van der Waals surface area contributed by atoms with Crippen molar-refractivity contribution in [3.05, 3.63) is 46.6 Å². The highest BCUT2D eigenvalue weighted by molar-refractivity contribution is 5.56. The van der Waals surface area contributed by atoms with Crippen LogP contribution in [0.15, 0.2) is 29.9 Å². The molecule has 2 atom stereocenters. The van der Waals surface area contributed by atoms with Crippen LogP contribution in [0.4, 0.5) is 0 Å².